The summed E-state index contributed by atoms with van der Waals surface area (Å²) in [4.78, 5) is 12.6. The maximum Gasteiger partial charge on any atom is 0.237 e. The molecule has 27 heavy (non-hydrogen) atoms. The first kappa shape index (κ1) is 19.4. The van der Waals surface area contributed by atoms with E-state index in [9.17, 15) is 4.79 Å². The van der Waals surface area contributed by atoms with Gasteiger partial charge in [-0.3, -0.25) is 4.79 Å². The van der Waals surface area contributed by atoms with Gasteiger partial charge in [-0.2, -0.15) is 4.68 Å². The number of thioether (sulfide) groups is 1. The Morgan fingerprint density at radius 2 is 1.96 bits per heavy atom. The van der Waals surface area contributed by atoms with Gasteiger partial charge < -0.3 is 5.32 Å². The summed E-state index contributed by atoms with van der Waals surface area (Å²) in [7, 11) is 0. The largest absolute Gasteiger partial charge is 0.325 e. The number of tetrazole rings is 1. The number of nitrogens with zero attached hydrogens (tertiary/aromatic N) is 4. The van der Waals surface area contributed by atoms with E-state index in [0.29, 0.717) is 15.9 Å². The number of halogens is 1. The van der Waals surface area contributed by atoms with Gasteiger partial charge in [0.15, 0.2) is 0 Å². The van der Waals surface area contributed by atoms with E-state index in [4.69, 9.17) is 11.6 Å². The number of aryl methyl sites for hydroxylation is 2. The van der Waals surface area contributed by atoms with Crippen LogP contribution >= 0.6 is 23.4 Å². The molecule has 2 aromatic carbocycles. The number of rotatable bonds is 5. The molecule has 0 aliphatic carbocycles. The van der Waals surface area contributed by atoms with E-state index >= 15 is 0 Å². The predicted molar refractivity (Wildman–Crippen MR) is 109 cm³/mol. The maximum absolute atomic E-state index is 12.6. The number of amides is 1. The average Bonchev–Trinajstić information content (AvgIpc) is 3.08. The van der Waals surface area contributed by atoms with Crippen molar-refractivity contribution in [1.82, 2.24) is 20.2 Å². The van der Waals surface area contributed by atoms with E-state index in [1.807, 2.05) is 52.0 Å². The molecule has 0 aliphatic rings. The summed E-state index contributed by atoms with van der Waals surface area (Å²) < 4.78 is 1.67. The molecule has 0 fully saturated rings. The maximum atomic E-state index is 12.6. The lowest BCUT2D eigenvalue weighted by Crippen LogP contribution is -2.23. The highest BCUT2D eigenvalue weighted by Crippen LogP contribution is 2.27. The second-order valence-electron chi connectivity index (χ2n) is 6.30. The van der Waals surface area contributed by atoms with E-state index in [1.165, 1.54) is 11.8 Å². The van der Waals surface area contributed by atoms with Crippen LogP contribution in [0, 0.1) is 20.8 Å². The minimum atomic E-state index is -0.391. The molecule has 0 bridgehead atoms. The molecule has 3 aromatic rings. The van der Waals surface area contributed by atoms with Gasteiger partial charge in [-0.05, 0) is 73.0 Å². The number of nitrogens with one attached hydrogen (secondary N) is 1. The molecular weight excluding hydrogens is 382 g/mol. The van der Waals surface area contributed by atoms with Gasteiger partial charge in [0.2, 0.25) is 11.1 Å². The van der Waals surface area contributed by atoms with Crippen molar-refractivity contribution in [2.45, 2.75) is 38.1 Å². The molecule has 1 N–H and O–H groups in total. The summed E-state index contributed by atoms with van der Waals surface area (Å²) in [5.74, 6) is -0.138. The fourth-order valence-corrected chi connectivity index (χ4v) is 3.52. The van der Waals surface area contributed by atoms with Crippen LogP contribution in [0.25, 0.3) is 5.69 Å². The van der Waals surface area contributed by atoms with Gasteiger partial charge in [0, 0.05) is 10.7 Å². The average molecular weight is 402 g/mol. The summed E-state index contributed by atoms with van der Waals surface area (Å²) in [6.07, 6.45) is 0. The number of hydrogen-bond acceptors (Lipinski definition) is 5. The first-order chi connectivity index (χ1) is 12.9. The molecule has 1 aromatic heterocycles. The molecular formula is C19H20ClN5OS. The van der Waals surface area contributed by atoms with Crippen LogP contribution in [0.15, 0.2) is 41.6 Å². The first-order valence-electron chi connectivity index (χ1n) is 8.45. The molecule has 140 valence electrons. The monoisotopic (exact) mass is 401 g/mol. The Balaban J connectivity index is 1.78. The molecule has 0 radical (unpaired) electrons. The summed E-state index contributed by atoms with van der Waals surface area (Å²) >= 11 is 7.33. The Hall–Kier alpha value is -2.38. The number of aromatic nitrogens is 4. The second kappa shape index (κ2) is 8.10. The topological polar surface area (TPSA) is 72.7 Å². The van der Waals surface area contributed by atoms with E-state index in [1.54, 1.807) is 16.8 Å². The SMILES string of the molecule is Cc1ccc(Cl)cc1NC(=O)C(C)Sc1nnnn1-c1cccc(C)c1C. The quantitative estimate of drug-likeness (QED) is 0.643. The second-order valence-corrected chi connectivity index (χ2v) is 8.05. The Kier molecular flexibility index (Phi) is 5.82. The number of anilines is 1. The lowest BCUT2D eigenvalue weighted by Gasteiger charge is -2.14. The van der Waals surface area contributed by atoms with Gasteiger partial charge in [-0.25, -0.2) is 0 Å². The van der Waals surface area contributed by atoms with E-state index < -0.39 is 5.25 Å². The van der Waals surface area contributed by atoms with Crippen LogP contribution in [0.5, 0.6) is 0 Å². The molecule has 8 heteroatoms. The standard InChI is InChI=1S/C19H20ClN5OS/c1-11-6-5-7-17(13(11)3)25-19(22-23-24-25)27-14(4)18(26)21-16-10-15(20)9-8-12(16)2/h5-10,14H,1-4H3,(H,21,26). The minimum absolute atomic E-state index is 0.138. The van der Waals surface area contributed by atoms with Crippen LogP contribution in [-0.4, -0.2) is 31.4 Å². The molecule has 1 amide bonds. The van der Waals surface area contributed by atoms with E-state index in [2.05, 4.69) is 20.8 Å². The number of hydrogen-bond donors (Lipinski definition) is 1. The van der Waals surface area contributed by atoms with Gasteiger partial charge in [-0.15, -0.1) is 5.10 Å². The van der Waals surface area contributed by atoms with E-state index in [0.717, 1.165) is 22.4 Å². The normalized spacial score (nSPS) is 12.0. The fraction of sp³-hybridized carbons (Fsp3) is 0.263. The lowest BCUT2D eigenvalue weighted by atomic mass is 10.1. The minimum Gasteiger partial charge on any atom is -0.325 e. The zero-order valence-electron chi connectivity index (χ0n) is 15.5. The highest BCUT2D eigenvalue weighted by molar-refractivity contribution is 8.00. The first-order valence-corrected chi connectivity index (χ1v) is 9.71. The van der Waals surface area contributed by atoms with Crippen molar-refractivity contribution in [3.63, 3.8) is 0 Å². The van der Waals surface area contributed by atoms with Crippen molar-refractivity contribution >= 4 is 35.0 Å². The highest BCUT2D eigenvalue weighted by Gasteiger charge is 2.20. The van der Waals surface area contributed by atoms with Crippen LogP contribution in [0.2, 0.25) is 5.02 Å². The van der Waals surface area contributed by atoms with Crippen LogP contribution in [0.1, 0.15) is 23.6 Å². The van der Waals surface area contributed by atoms with Crippen molar-refractivity contribution in [3.05, 3.63) is 58.1 Å². The van der Waals surface area contributed by atoms with Gasteiger partial charge in [0.25, 0.3) is 0 Å². The number of carbonyl (C=O) groups is 1. The van der Waals surface area contributed by atoms with Gasteiger partial charge in [-0.1, -0.05) is 41.6 Å². The summed E-state index contributed by atoms with van der Waals surface area (Å²) in [5.41, 5.74) is 4.81. The number of benzene rings is 2. The summed E-state index contributed by atoms with van der Waals surface area (Å²) in [6, 6.07) is 11.4. The zero-order chi connectivity index (χ0) is 19.6. The molecule has 6 nitrogen and oxygen atoms in total. The molecule has 1 unspecified atom stereocenters. The van der Waals surface area contributed by atoms with Crippen LogP contribution in [0.3, 0.4) is 0 Å². The van der Waals surface area contributed by atoms with Crippen LogP contribution in [0.4, 0.5) is 5.69 Å². The molecule has 0 saturated heterocycles. The number of carbonyl (C=O) groups excluding carboxylic acids is 1. The van der Waals surface area contributed by atoms with Crippen LogP contribution < -0.4 is 5.32 Å². The Morgan fingerprint density at radius 3 is 2.74 bits per heavy atom. The Morgan fingerprint density at radius 1 is 1.19 bits per heavy atom. The van der Waals surface area contributed by atoms with Gasteiger partial charge >= 0.3 is 0 Å². The Bertz CT molecular complexity index is 988. The van der Waals surface area contributed by atoms with Gasteiger partial charge in [0.05, 0.1) is 10.9 Å². The zero-order valence-corrected chi connectivity index (χ0v) is 17.1. The van der Waals surface area contributed by atoms with Crippen molar-refractivity contribution in [2.75, 3.05) is 5.32 Å². The smallest absolute Gasteiger partial charge is 0.237 e. The third-order valence-corrected chi connectivity index (χ3v) is 5.62. The summed E-state index contributed by atoms with van der Waals surface area (Å²) in [6.45, 7) is 7.81. The van der Waals surface area contributed by atoms with Gasteiger partial charge in [0.1, 0.15) is 0 Å². The van der Waals surface area contributed by atoms with Crippen molar-refractivity contribution in [2.24, 2.45) is 0 Å². The molecule has 1 heterocycles. The molecule has 3 rings (SSSR count). The molecule has 0 spiro atoms. The Labute approximate surface area is 167 Å². The molecule has 0 aliphatic heterocycles. The third kappa shape index (κ3) is 4.31. The van der Waals surface area contributed by atoms with Crippen molar-refractivity contribution in [1.29, 1.82) is 0 Å². The highest BCUT2D eigenvalue weighted by atomic mass is 35.5. The molecule has 0 saturated carbocycles. The van der Waals surface area contributed by atoms with Crippen molar-refractivity contribution in [3.8, 4) is 5.69 Å². The van der Waals surface area contributed by atoms with Crippen LogP contribution in [-0.2, 0) is 4.79 Å². The fourth-order valence-electron chi connectivity index (χ4n) is 2.54. The third-order valence-electron chi connectivity index (χ3n) is 4.35. The van der Waals surface area contributed by atoms with E-state index in [-0.39, 0.29) is 5.91 Å². The lowest BCUT2D eigenvalue weighted by molar-refractivity contribution is -0.115. The van der Waals surface area contributed by atoms with Crippen molar-refractivity contribution < 1.29 is 4.79 Å². The predicted octanol–water partition coefficient (Wildman–Crippen LogP) is 4.36. The molecule has 1 atom stereocenters. The summed E-state index contributed by atoms with van der Waals surface area (Å²) in [5, 5.41) is 15.6.